The molecule has 0 aliphatic carbocycles. The van der Waals surface area contributed by atoms with Crippen molar-refractivity contribution in [2.45, 2.75) is 26.9 Å². The van der Waals surface area contributed by atoms with Crippen molar-refractivity contribution < 1.29 is 9.47 Å². The summed E-state index contributed by atoms with van der Waals surface area (Å²) in [6, 6.07) is 17.4. The number of ether oxygens (including phenoxy) is 2. The lowest BCUT2D eigenvalue weighted by Crippen LogP contribution is -2.05. The van der Waals surface area contributed by atoms with Crippen LogP contribution in [0.1, 0.15) is 20.8 Å². The minimum atomic E-state index is 0.155. The number of hydrogen-bond donors (Lipinski definition) is 2. The molecule has 0 amide bonds. The van der Waals surface area contributed by atoms with Gasteiger partial charge in [-0.25, -0.2) is 9.97 Å². The van der Waals surface area contributed by atoms with Gasteiger partial charge in [0.1, 0.15) is 29.5 Å². The monoisotopic (exact) mass is 364 g/mol. The van der Waals surface area contributed by atoms with Gasteiger partial charge in [-0.05, 0) is 69.3 Å². The Morgan fingerprint density at radius 1 is 0.815 bits per heavy atom. The molecule has 2 aromatic carbocycles. The summed E-state index contributed by atoms with van der Waals surface area (Å²) >= 11 is 0. The lowest BCUT2D eigenvalue weighted by molar-refractivity contribution is 0.242. The average Bonchev–Trinajstić information content (AvgIpc) is 2.65. The minimum absolute atomic E-state index is 0.155. The summed E-state index contributed by atoms with van der Waals surface area (Å²) in [5.74, 6) is 3.10. The molecule has 3 aromatic rings. The Morgan fingerprint density at radius 3 is 1.81 bits per heavy atom. The molecular weight excluding hydrogens is 340 g/mol. The number of nitrogens with one attached hydrogen (secondary N) is 2. The molecule has 27 heavy (non-hydrogen) atoms. The second-order valence-corrected chi connectivity index (χ2v) is 6.19. The van der Waals surface area contributed by atoms with E-state index in [2.05, 4.69) is 20.6 Å². The Hall–Kier alpha value is -3.28. The number of nitrogens with zero attached hydrogens (tertiary/aromatic N) is 2. The van der Waals surface area contributed by atoms with Gasteiger partial charge in [-0.1, -0.05) is 0 Å². The fourth-order valence-electron chi connectivity index (χ4n) is 2.48. The van der Waals surface area contributed by atoms with Crippen LogP contribution in [0, 0.1) is 0 Å². The summed E-state index contributed by atoms with van der Waals surface area (Å²) < 4.78 is 11.1. The van der Waals surface area contributed by atoms with Crippen LogP contribution in [0.2, 0.25) is 0 Å². The molecule has 6 heteroatoms. The van der Waals surface area contributed by atoms with Crippen molar-refractivity contribution in [3.05, 3.63) is 60.9 Å². The smallest absolute Gasteiger partial charge is 0.135 e. The predicted octanol–water partition coefficient (Wildman–Crippen LogP) is 5.15. The van der Waals surface area contributed by atoms with Crippen LogP contribution in [0.3, 0.4) is 0 Å². The summed E-state index contributed by atoms with van der Waals surface area (Å²) in [5.41, 5.74) is 1.86. The summed E-state index contributed by atoms with van der Waals surface area (Å²) in [5, 5.41) is 6.53. The molecule has 3 rings (SSSR count). The van der Waals surface area contributed by atoms with Gasteiger partial charge in [0.05, 0.1) is 12.7 Å². The number of anilines is 4. The molecule has 0 atom stereocenters. The lowest BCUT2D eigenvalue weighted by Gasteiger charge is -2.11. The molecule has 0 radical (unpaired) electrons. The first-order valence-electron chi connectivity index (χ1n) is 8.98. The first-order valence-corrected chi connectivity index (χ1v) is 8.98. The van der Waals surface area contributed by atoms with Crippen LogP contribution in [0.25, 0.3) is 0 Å². The molecule has 0 bridgehead atoms. The van der Waals surface area contributed by atoms with Gasteiger partial charge >= 0.3 is 0 Å². The summed E-state index contributed by atoms with van der Waals surface area (Å²) in [6.07, 6.45) is 1.68. The maximum Gasteiger partial charge on any atom is 0.135 e. The average molecular weight is 364 g/mol. The highest BCUT2D eigenvalue weighted by Gasteiger charge is 2.03. The maximum absolute atomic E-state index is 5.66. The maximum atomic E-state index is 5.66. The van der Waals surface area contributed by atoms with E-state index in [0.717, 1.165) is 22.9 Å². The zero-order valence-electron chi connectivity index (χ0n) is 15.8. The fraction of sp³-hybridized carbons (Fsp3) is 0.238. The van der Waals surface area contributed by atoms with E-state index >= 15 is 0 Å². The van der Waals surface area contributed by atoms with Crippen LogP contribution in [-0.2, 0) is 0 Å². The first kappa shape index (κ1) is 18.5. The van der Waals surface area contributed by atoms with E-state index in [-0.39, 0.29) is 6.10 Å². The molecule has 0 aliphatic rings. The summed E-state index contributed by atoms with van der Waals surface area (Å²) in [4.78, 5) is 8.54. The largest absolute Gasteiger partial charge is 0.494 e. The van der Waals surface area contributed by atoms with Crippen molar-refractivity contribution in [1.82, 2.24) is 9.97 Å². The summed E-state index contributed by atoms with van der Waals surface area (Å²) in [6.45, 7) is 6.63. The molecule has 0 aliphatic heterocycles. The summed E-state index contributed by atoms with van der Waals surface area (Å²) in [7, 11) is 0. The molecular formula is C21H24N4O2. The molecule has 2 N–H and O–H groups in total. The highest BCUT2D eigenvalue weighted by molar-refractivity contribution is 5.63. The third kappa shape index (κ3) is 5.60. The lowest BCUT2D eigenvalue weighted by atomic mass is 10.3. The molecule has 140 valence electrons. The van der Waals surface area contributed by atoms with Crippen LogP contribution < -0.4 is 20.1 Å². The Morgan fingerprint density at radius 2 is 1.33 bits per heavy atom. The van der Waals surface area contributed by atoms with Crippen LogP contribution in [0.5, 0.6) is 11.5 Å². The molecule has 0 fully saturated rings. The highest BCUT2D eigenvalue weighted by atomic mass is 16.5. The number of aromatic nitrogens is 2. The van der Waals surface area contributed by atoms with E-state index in [4.69, 9.17) is 9.47 Å². The highest BCUT2D eigenvalue weighted by Crippen LogP contribution is 2.23. The van der Waals surface area contributed by atoms with Gasteiger partial charge < -0.3 is 20.1 Å². The molecule has 0 saturated carbocycles. The fourth-order valence-corrected chi connectivity index (χ4v) is 2.48. The topological polar surface area (TPSA) is 68.3 Å². The Labute approximate surface area is 159 Å². The quantitative estimate of drug-likeness (QED) is 0.576. The van der Waals surface area contributed by atoms with E-state index < -0.39 is 0 Å². The van der Waals surface area contributed by atoms with Crippen LogP contribution in [0.15, 0.2) is 60.9 Å². The van der Waals surface area contributed by atoms with Gasteiger partial charge in [-0.2, -0.15) is 0 Å². The second-order valence-electron chi connectivity index (χ2n) is 6.19. The third-order valence-electron chi connectivity index (χ3n) is 3.60. The van der Waals surface area contributed by atoms with Gasteiger partial charge in [0.15, 0.2) is 0 Å². The van der Waals surface area contributed by atoms with Gasteiger partial charge in [0.25, 0.3) is 0 Å². The molecule has 0 unspecified atom stereocenters. The van der Waals surface area contributed by atoms with Crippen LogP contribution in [0.4, 0.5) is 23.0 Å². The zero-order valence-corrected chi connectivity index (χ0v) is 15.8. The predicted molar refractivity (Wildman–Crippen MR) is 108 cm³/mol. The third-order valence-corrected chi connectivity index (χ3v) is 3.60. The number of benzene rings is 2. The van der Waals surface area contributed by atoms with Crippen molar-refractivity contribution in [3.63, 3.8) is 0 Å². The van der Waals surface area contributed by atoms with E-state index in [1.807, 2.05) is 75.4 Å². The molecule has 6 nitrogen and oxygen atoms in total. The molecule has 1 heterocycles. The van der Waals surface area contributed by atoms with Gasteiger partial charge in [-0.15, -0.1) is 0 Å². The van der Waals surface area contributed by atoms with Crippen molar-refractivity contribution in [2.75, 3.05) is 17.2 Å². The molecule has 0 saturated heterocycles. The van der Waals surface area contributed by atoms with Crippen molar-refractivity contribution in [1.29, 1.82) is 0 Å². The SMILES string of the molecule is CCOc1ccc(Nc2cc(Nc3ccc(OC(C)C)cc3)ncn2)cc1. The minimum Gasteiger partial charge on any atom is -0.494 e. The van der Waals surface area contributed by atoms with Crippen molar-refractivity contribution in [3.8, 4) is 11.5 Å². The number of hydrogen-bond acceptors (Lipinski definition) is 6. The Balaban J connectivity index is 1.64. The van der Waals surface area contributed by atoms with E-state index in [0.29, 0.717) is 18.2 Å². The first-order chi connectivity index (χ1) is 13.1. The Kier molecular flexibility index (Phi) is 6.10. The van der Waals surface area contributed by atoms with E-state index in [1.54, 1.807) is 0 Å². The molecule has 0 spiro atoms. The van der Waals surface area contributed by atoms with Crippen molar-refractivity contribution in [2.24, 2.45) is 0 Å². The standard InChI is InChI=1S/C21H24N4O2/c1-4-26-18-9-5-16(6-10-18)24-20-13-21(23-14-22-20)25-17-7-11-19(12-8-17)27-15(2)3/h5-15H,4H2,1-3H3,(H2,22,23,24,25). The van der Waals surface area contributed by atoms with E-state index in [1.165, 1.54) is 6.33 Å². The zero-order chi connectivity index (χ0) is 19.1. The second kappa shape index (κ2) is 8.89. The van der Waals surface area contributed by atoms with Crippen LogP contribution in [-0.4, -0.2) is 22.7 Å². The van der Waals surface area contributed by atoms with Crippen molar-refractivity contribution >= 4 is 23.0 Å². The Bertz CT molecular complexity index is 849. The molecule has 1 aromatic heterocycles. The van der Waals surface area contributed by atoms with Gasteiger partial charge in [0, 0.05) is 17.4 Å². The normalized spacial score (nSPS) is 10.5. The van der Waals surface area contributed by atoms with Gasteiger partial charge in [-0.3, -0.25) is 0 Å². The van der Waals surface area contributed by atoms with Crippen LogP contribution >= 0.6 is 0 Å². The van der Waals surface area contributed by atoms with E-state index in [9.17, 15) is 0 Å². The number of rotatable bonds is 8. The van der Waals surface area contributed by atoms with Gasteiger partial charge in [0.2, 0.25) is 0 Å².